The number of nitrogens with zero attached hydrogens (tertiary/aromatic N) is 2. The fourth-order valence-corrected chi connectivity index (χ4v) is 6.40. The lowest BCUT2D eigenvalue weighted by Gasteiger charge is -2.26. The number of rotatable bonds is 11. The zero-order chi connectivity index (χ0) is 25.0. The minimum atomic E-state index is -0.0823. The minimum absolute atomic E-state index is 0.0823. The molecule has 0 aromatic heterocycles. The lowest BCUT2D eigenvalue weighted by molar-refractivity contribution is 0.0382. The number of carbonyl (C=O) groups excluding carboxylic acids is 2. The summed E-state index contributed by atoms with van der Waals surface area (Å²) in [6.07, 6.45) is 0. The van der Waals surface area contributed by atoms with Crippen molar-refractivity contribution < 1.29 is 19.1 Å². The van der Waals surface area contributed by atoms with Gasteiger partial charge in [0.05, 0.1) is 37.6 Å². The van der Waals surface area contributed by atoms with Gasteiger partial charge in [-0.1, -0.05) is 45.9 Å². The van der Waals surface area contributed by atoms with Crippen LogP contribution in [-0.2, 0) is 9.47 Å². The normalized spacial score (nSPS) is 17.0. The topological polar surface area (TPSA) is 83.1 Å². The number of carbonyl (C=O) groups is 2. The molecular weight excluding hydrogens is 496 g/mol. The van der Waals surface area contributed by atoms with Gasteiger partial charge in [0.1, 0.15) is 0 Å². The van der Waals surface area contributed by atoms with Crippen LogP contribution in [0.2, 0.25) is 0 Å². The van der Waals surface area contributed by atoms with Crippen LogP contribution in [0.5, 0.6) is 0 Å². The fourth-order valence-electron chi connectivity index (χ4n) is 4.04. The van der Waals surface area contributed by atoms with Crippen LogP contribution in [0.25, 0.3) is 0 Å². The van der Waals surface area contributed by atoms with Crippen LogP contribution in [0, 0.1) is 0 Å². The summed E-state index contributed by atoms with van der Waals surface area (Å²) in [5.74, 6) is -0.165. The third kappa shape index (κ3) is 8.22. The van der Waals surface area contributed by atoms with Crippen molar-refractivity contribution in [3.05, 3.63) is 59.7 Å². The Balaban J connectivity index is 1.29. The van der Waals surface area contributed by atoms with Gasteiger partial charge in [0, 0.05) is 62.1 Å². The number of morpholine rings is 2. The molecule has 0 unspecified atom stereocenters. The highest BCUT2D eigenvalue weighted by molar-refractivity contribution is 8.76. The molecule has 10 heteroatoms. The van der Waals surface area contributed by atoms with Gasteiger partial charge in [-0.3, -0.25) is 19.4 Å². The van der Waals surface area contributed by atoms with Crippen LogP contribution >= 0.6 is 21.6 Å². The van der Waals surface area contributed by atoms with Crippen molar-refractivity contribution in [3.63, 3.8) is 0 Å². The second-order valence-electron chi connectivity index (χ2n) is 8.58. The summed E-state index contributed by atoms with van der Waals surface area (Å²) in [4.78, 5) is 32.1. The molecule has 4 rings (SSSR count). The average molecular weight is 531 g/mol. The lowest BCUT2D eigenvalue weighted by Crippen LogP contribution is -2.41. The van der Waals surface area contributed by atoms with Crippen molar-refractivity contribution in [1.82, 2.24) is 20.4 Å². The maximum Gasteiger partial charge on any atom is 0.252 e. The summed E-state index contributed by atoms with van der Waals surface area (Å²) < 4.78 is 10.8. The molecule has 8 nitrogen and oxygen atoms in total. The molecule has 36 heavy (non-hydrogen) atoms. The molecule has 2 heterocycles. The predicted octanol–water partition coefficient (Wildman–Crippen LogP) is 2.61. The third-order valence-electron chi connectivity index (χ3n) is 6.12. The highest BCUT2D eigenvalue weighted by atomic mass is 33.1. The molecule has 0 radical (unpaired) electrons. The van der Waals surface area contributed by atoms with E-state index in [2.05, 4.69) is 20.4 Å². The van der Waals surface area contributed by atoms with E-state index >= 15 is 0 Å². The first-order valence-electron chi connectivity index (χ1n) is 12.4. The first-order chi connectivity index (χ1) is 17.7. The molecule has 2 N–H and O–H groups in total. The van der Waals surface area contributed by atoms with Gasteiger partial charge in [0.25, 0.3) is 11.8 Å². The summed E-state index contributed by atoms with van der Waals surface area (Å²) in [5.41, 5.74) is 1.29. The number of ether oxygens (including phenoxy) is 2. The molecule has 2 aliphatic heterocycles. The standard InChI is InChI=1S/C26H34N4O4S2/c31-25(27-9-11-29-13-17-33-18-14-29)21-5-1-3-7-23(21)35-36-24-8-4-2-6-22(24)26(32)28-10-12-30-15-19-34-20-16-30/h1-8H,9-20H2,(H,27,31)(H,28,32). The molecule has 194 valence electrons. The molecule has 0 atom stereocenters. The van der Waals surface area contributed by atoms with E-state index < -0.39 is 0 Å². The molecule has 2 aliphatic rings. The molecule has 0 spiro atoms. The third-order valence-corrected chi connectivity index (χ3v) is 8.60. The molecular formula is C26H34N4O4S2. The van der Waals surface area contributed by atoms with Crippen LogP contribution in [0.1, 0.15) is 20.7 Å². The van der Waals surface area contributed by atoms with Gasteiger partial charge < -0.3 is 20.1 Å². The second-order valence-corrected chi connectivity index (χ2v) is 10.8. The van der Waals surface area contributed by atoms with Gasteiger partial charge in [0.2, 0.25) is 0 Å². The van der Waals surface area contributed by atoms with E-state index in [0.717, 1.165) is 75.5 Å². The van der Waals surface area contributed by atoms with Gasteiger partial charge >= 0.3 is 0 Å². The van der Waals surface area contributed by atoms with Crippen molar-refractivity contribution in [1.29, 1.82) is 0 Å². The van der Waals surface area contributed by atoms with E-state index in [-0.39, 0.29) is 11.8 Å². The highest BCUT2D eigenvalue weighted by Gasteiger charge is 2.17. The van der Waals surface area contributed by atoms with Crippen LogP contribution < -0.4 is 10.6 Å². The minimum Gasteiger partial charge on any atom is -0.379 e. The summed E-state index contributed by atoms with van der Waals surface area (Å²) in [6, 6.07) is 15.2. The number of hydrogen-bond acceptors (Lipinski definition) is 8. The smallest absolute Gasteiger partial charge is 0.252 e. The maximum absolute atomic E-state index is 12.9. The van der Waals surface area contributed by atoms with Gasteiger partial charge in [-0.2, -0.15) is 0 Å². The predicted molar refractivity (Wildman–Crippen MR) is 144 cm³/mol. The number of nitrogens with one attached hydrogen (secondary N) is 2. The molecule has 0 aliphatic carbocycles. The zero-order valence-corrected chi connectivity index (χ0v) is 22.1. The van der Waals surface area contributed by atoms with Gasteiger partial charge in [-0.15, -0.1) is 0 Å². The van der Waals surface area contributed by atoms with E-state index in [1.807, 2.05) is 48.5 Å². The molecule has 0 saturated carbocycles. The number of hydrogen-bond donors (Lipinski definition) is 2. The Bertz CT molecular complexity index is 918. The van der Waals surface area contributed by atoms with Crippen LogP contribution in [0.3, 0.4) is 0 Å². The van der Waals surface area contributed by atoms with Crippen molar-refractivity contribution in [2.45, 2.75) is 9.79 Å². The van der Waals surface area contributed by atoms with Crippen molar-refractivity contribution in [3.8, 4) is 0 Å². The molecule has 2 aromatic rings. The Morgan fingerprint density at radius 1 is 0.667 bits per heavy atom. The number of amides is 2. The fraction of sp³-hybridized carbons (Fsp3) is 0.462. The van der Waals surface area contributed by atoms with E-state index in [9.17, 15) is 9.59 Å². The monoisotopic (exact) mass is 530 g/mol. The van der Waals surface area contributed by atoms with E-state index in [4.69, 9.17) is 9.47 Å². The summed E-state index contributed by atoms with van der Waals surface area (Å²) >= 11 is 0. The largest absolute Gasteiger partial charge is 0.379 e. The first kappa shape index (κ1) is 27.0. The Morgan fingerprint density at radius 2 is 1.06 bits per heavy atom. The summed E-state index contributed by atoms with van der Waals surface area (Å²) in [7, 11) is 2.99. The molecule has 2 saturated heterocycles. The summed E-state index contributed by atoms with van der Waals surface area (Å²) in [5, 5.41) is 6.09. The number of benzene rings is 2. The summed E-state index contributed by atoms with van der Waals surface area (Å²) in [6.45, 7) is 9.42. The zero-order valence-electron chi connectivity index (χ0n) is 20.4. The molecule has 0 bridgehead atoms. The first-order valence-corrected chi connectivity index (χ1v) is 14.5. The van der Waals surface area contributed by atoms with Crippen LogP contribution in [-0.4, -0.2) is 100 Å². The van der Waals surface area contributed by atoms with Gasteiger partial charge in [-0.25, -0.2) is 0 Å². The van der Waals surface area contributed by atoms with Crippen LogP contribution in [0.15, 0.2) is 58.3 Å². The average Bonchev–Trinajstić information content (AvgIpc) is 2.93. The maximum atomic E-state index is 12.9. The van der Waals surface area contributed by atoms with Crippen molar-refractivity contribution in [2.24, 2.45) is 0 Å². The SMILES string of the molecule is O=C(NCCN1CCOCC1)c1ccccc1SSc1ccccc1C(=O)NCCN1CCOCC1. The Labute approximate surface area is 220 Å². The van der Waals surface area contributed by atoms with E-state index in [1.165, 1.54) is 21.6 Å². The lowest BCUT2D eigenvalue weighted by atomic mass is 10.2. The van der Waals surface area contributed by atoms with E-state index in [0.29, 0.717) is 24.2 Å². The van der Waals surface area contributed by atoms with Crippen LogP contribution in [0.4, 0.5) is 0 Å². The molecule has 2 aromatic carbocycles. The second kappa shape index (κ2) is 14.6. The Morgan fingerprint density at radius 3 is 1.47 bits per heavy atom. The van der Waals surface area contributed by atoms with E-state index in [1.54, 1.807) is 0 Å². The Hall–Kier alpha value is -2.08. The molecule has 2 fully saturated rings. The quantitative estimate of drug-likeness (QED) is 0.429. The van der Waals surface area contributed by atoms with Crippen molar-refractivity contribution in [2.75, 3.05) is 78.8 Å². The molecule has 2 amide bonds. The van der Waals surface area contributed by atoms with Crippen molar-refractivity contribution >= 4 is 33.4 Å². The highest BCUT2D eigenvalue weighted by Crippen LogP contribution is 2.40. The van der Waals surface area contributed by atoms with Gasteiger partial charge in [0.15, 0.2) is 0 Å². The Kier molecular flexibility index (Phi) is 10.9. The van der Waals surface area contributed by atoms with Gasteiger partial charge in [-0.05, 0) is 24.3 Å².